The van der Waals surface area contributed by atoms with E-state index < -0.39 is 38.4 Å². The number of carbonyl (C=O) groups excluding carboxylic acids is 9. The minimum atomic E-state index is -3.92. The number of rotatable bonds is 19. The molecule has 12 rings (SSSR count). The summed E-state index contributed by atoms with van der Waals surface area (Å²) in [6, 6.07) is 70.1. The van der Waals surface area contributed by atoms with Crippen LogP contribution in [0, 0.1) is 0 Å². The van der Waals surface area contributed by atoms with E-state index in [0.29, 0.717) is 110 Å². The summed E-state index contributed by atoms with van der Waals surface area (Å²) in [5, 5.41) is 21.6. The van der Waals surface area contributed by atoms with Crippen molar-refractivity contribution in [3.8, 4) is 0 Å². The van der Waals surface area contributed by atoms with Crippen LogP contribution in [0.2, 0.25) is 0 Å². The molecule has 0 aliphatic carbocycles. The molecule has 29 nitrogen and oxygen atoms in total. The van der Waals surface area contributed by atoms with Gasteiger partial charge in [-0.3, -0.25) is 43.2 Å². The molecular weight excluding hydrogens is 1430 g/mol. The van der Waals surface area contributed by atoms with Crippen LogP contribution in [0.15, 0.2) is 243 Å². The van der Waals surface area contributed by atoms with Crippen molar-refractivity contribution in [3.05, 3.63) is 287 Å². The highest BCUT2D eigenvalue weighted by Crippen LogP contribution is 2.21. The molecule has 14 N–H and O–H groups in total. The Kier molecular flexibility index (Phi) is 32.3. The van der Waals surface area contributed by atoms with E-state index in [4.69, 9.17) is 21.7 Å². The number of piperazine rings is 4. The molecule has 0 bridgehead atoms. The summed E-state index contributed by atoms with van der Waals surface area (Å²) in [5.74, 6) is -1.73. The average Bonchev–Trinajstić information content (AvgIpc) is 0.814. The first-order valence-electron chi connectivity index (χ1n) is 35.2. The quantitative estimate of drug-likeness (QED) is 0.0520. The first kappa shape index (κ1) is 83.3. The predicted octanol–water partition coefficient (Wildman–Crippen LogP) is 2.38. The van der Waals surface area contributed by atoms with Gasteiger partial charge in [0.05, 0.1) is 18.6 Å². The molecule has 4 atom stereocenters. The normalized spacial score (nSPS) is 16.9. The second kappa shape index (κ2) is 42.2. The van der Waals surface area contributed by atoms with Gasteiger partial charge in [-0.05, 0) is 97.1 Å². The van der Waals surface area contributed by atoms with Crippen LogP contribution >= 0.6 is 0 Å². The zero-order valence-electron chi connectivity index (χ0n) is 60.0. The summed E-state index contributed by atoms with van der Waals surface area (Å²) >= 11 is 0. The lowest BCUT2D eigenvalue weighted by molar-refractivity contribution is -0.124. The monoisotopic (exact) mass is 1520 g/mol. The molecule has 4 unspecified atom stereocenters. The third-order valence-electron chi connectivity index (χ3n) is 17.7. The second-order valence-electron chi connectivity index (χ2n) is 25.3. The molecular formula is C78H92N16O13S2. The molecule has 0 saturated carbocycles. The molecule has 0 spiro atoms. The molecule has 31 heteroatoms. The molecule has 8 aromatic carbocycles. The molecule has 8 aromatic rings. The standard InChI is InChI=1S/C19H22N4O4S.C19H19N3O3.C19H21N3O2.C16H16N2O2.C5H14N4O2S/c20-28(26,27)21-13-17-14-22(18(24)15-7-3-1-4-8-15)11-12-23(17)19(25)16-9-5-2-6-10-16;20-17(23)16-13-21(18(24)14-7-3-1-4-8-14)11-12-22(16)19(25)15-9-5-2-6-10-15;20-13-17-14-21(18(23)15-7-3-1-4-8-15)11-12-22(17)19(24)16-9-5-2-6-10-16;19-15(13-7-3-1-4-8-13)17-11-12-18-16(20)14-9-5-2-6-10-14;6-12(10,11)9-4-5-3-7-1-2-8-5/h1-10,17,21H,11-14H2,(H2,20,26,27);1-10,16H,11-13H2,(H2,20,23);1-10,17H,11-14,20H2;1-10H,11-12H2,(H,17,19)(H,18,20);5,7-9H,1-4H2,(H2,6,10,11). The fourth-order valence-corrected chi connectivity index (χ4v) is 12.9. The van der Waals surface area contributed by atoms with Crippen LogP contribution in [0.25, 0.3) is 0 Å². The third-order valence-corrected chi connectivity index (χ3v) is 18.8. The van der Waals surface area contributed by atoms with Crippen LogP contribution in [0.4, 0.5) is 0 Å². The summed E-state index contributed by atoms with van der Waals surface area (Å²) in [4.78, 5) is 121. The van der Waals surface area contributed by atoms with Gasteiger partial charge in [0.1, 0.15) is 6.04 Å². The van der Waals surface area contributed by atoms with Crippen molar-refractivity contribution in [2.75, 3.05) is 111 Å². The first-order chi connectivity index (χ1) is 52.5. The lowest BCUT2D eigenvalue weighted by atomic mass is 10.1. The van der Waals surface area contributed by atoms with Gasteiger partial charge in [-0.2, -0.15) is 16.8 Å². The number of benzene rings is 8. The Balaban J connectivity index is 0.000000175. The van der Waals surface area contributed by atoms with Crippen molar-refractivity contribution in [1.29, 1.82) is 0 Å². The number of nitrogens with one attached hydrogen (secondary N) is 6. The number of nitrogens with two attached hydrogens (primary N) is 4. The van der Waals surface area contributed by atoms with Crippen molar-refractivity contribution < 1.29 is 60.0 Å². The summed E-state index contributed by atoms with van der Waals surface area (Å²) < 4.78 is 48.1. The maximum Gasteiger partial charge on any atom is 0.274 e. The number of carbonyl (C=O) groups is 9. The maximum atomic E-state index is 12.9. The number of primary amides is 1. The Morgan fingerprint density at radius 2 is 0.661 bits per heavy atom. The van der Waals surface area contributed by atoms with Gasteiger partial charge < -0.3 is 62.1 Å². The van der Waals surface area contributed by atoms with E-state index in [2.05, 4.69) is 30.7 Å². The lowest BCUT2D eigenvalue weighted by Crippen LogP contribution is -2.60. The van der Waals surface area contributed by atoms with E-state index in [1.807, 2.05) is 97.1 Å². The van der Waals surface area contributed by atoms with Crippen LogP contribution in [-0.4, -0.2) is 235 Å². The van der Waals surface area contributed by atoms with Crippen molar-refractivity contribution in [2.24, 2.45) is 21.7 Å². The smallest absolute Gasteiger partial charge is 0.274 e. The summed E-state index contributed by atoms with van der Waals surface area (Å²) in [7, 11) is -7.46. The van der Waals surface area contributed by atoms with Crippen LogP contribution in [0.5, 0.6) is 0 Å². The average molecular weight is 1530 g/mol. The fourth-order valence-electron chi connectivity index (χ4n) is 12.0. The Morgan fingerprint density at radius 1 is 0.367 bits per heavy atom. The van der Waals surface area contributed by atoms with Gasteiger partial charge >= 0.3 is 0 Å². The zero-order valence-corrected chi connectivity index (χ0v) is 61.7. The number of nitrogens with zero attached hydrogens (tertiary/aromatic N) is 6. The highest BCUT2D eigenvalue weighted by molar-refractivity contribution is 7.87. The third kappa shape index (κ3) is 26.5. The van der Waals surface area contributed by atoms with E-state index in [1.54, 1.807) is 170 Å². The number of hydrogen-bond acceptors (Lipinski definition) is 16. The van der Waals surface area contributed by atoms with Crippen molar-refractivity contribution in [3.63, 3.8) is 0 Å². The number of amides is 9. The van der Waals surface area contributed by atoms with Gasteiger partial charge in [-0.25, -0.2) is 19.7 Å². The molecule has 109 heavy (non-hydrogen) atoms. The van der Waals surface area contributed by atoms with E-state index in [1.165, 1.54) is 4.90 Å². The molecule has 4 fully saturated rings. The Labute approximate surface area is 634 Å². The summed E-state index contributed by atoms with van der Waals surface area (Å²) in [6.45, 7) is 6.98. The number of hydrogen-bond donors (Lipinski definition) is 10. The predicted molar refractivity (Wildman–Crippen MR) is 414 cm³/mol. The molecule has 4 heterocycles. The highest BCUT2D eigenvalue weighted by atomic mass is 32.2. The van der Waals surface area contributed by atoms with Crippen molar-refractivity contribution in [2.45, 2.75) is 24.2 Å². The van der Waals surface area contributed by atoms with Gasteiger partial charge in [0, 0.05) is 155 Å². The van der Waals surface area contributed by atoms with Crippen molar-refractivity contribution >= 4 is 73.6 Å². The van der Waals surface area contributed by atoms with Crippen LogP contribution in [0.1, 0.15) is 82.9 Å². The van der Waals surface area contributed by atoms with E-state index in [-0.39, 0.29) is 85.5 Å². The van der Waals surface area contributed by atoms with E-state index >= 15 is 0 Å². The highest BCUT2D eigenvalue weighted by Gasteiger charge is 2.38. The van der Waals surface area contributed by atoms with E-state index in [0.717, 1.165) is 19.6 Å². The second-order valence-corrected chi connectivity index (χ2v) is 28.1. The molecule has 4 aliphatic heterocycles. The maximum absolute atomic E-state index is 12.9. The largest absolute Gasteiger partial charge is 0.368 e. The van der Waals surface area contributed by atoms with Gasteiger partial charge in [-0.1, -0.05) is 146 Å². The molecule has 9 amide bonds. The fraction of sp³-hybridized carbons (Fsp3) is 0.269. The molecule has 4 saturated heterocycles. The van der Waals surface area contributed by atoms with Gasteiger partial charge in [0.2, 0.25) is 5.91 Å². The Morgan fingerprint density at radius 3 is 0.982 bits per heavy atom. The molecule has 574 valence electrons. The van der Waals surface area contributed by atoms with Gasteiger partial charge in [0.15, 0.2) is 0 Å². The van der Waals surface area contributed by atoms with Crippen LogP contribution < -0.4 is 52.5 Å². The minimum absolute atomic E-state index is 0.0131. The minimum Gasteiger partial charge on any atom is -0.368 e. The zero-order chi connectivity index (χ0) is 78.1. The topological polar surface area (TPSA) is 418 Å². The van der Waals surface area contributed by atoms with Gasteiger partial charge in [0.25, 0.3) is 67.7 Å². The molecule has 0 aromatic heterocycles. The SMILES string of the molecule is NC(=O)C1CN(C(=O)c2ccccc2)CCN1C(=O)c1ccccc1.NCC1CN(C(=O)c2ccccc2)CCN1C(=O)c1ccccc1.NS(=O)(=O)NCC1CN(C(=O)c2ccccc2)CCN1C(=O)c1ccccc1.NS(=O)(=O)NCC1CNCCN1.O=C(NCCNC(=O)c1ccccc1)c1ccccc1. The lowest BCUT2D eigenvalue weighted by Gasteiger charge is -2.41. The van der Waals surface area contributed by atoms with Crippen molar-refractivity contribution in [1.82, 2.24) is 60.1 Å². The van der Waals surface area contributed by atoms with E-state index in [9.17, 15) is 60.0 Å². The summed E-state index contributed by atoms with van der Waals surface area (Å²) in [5.41, 5.74) is 16.0. The Bertz CT molecular complexity index is 4440. The Hall–Kier alpha value is -11.4. The summed E-state index contributed by atoms with van der Waals surface area (Å²) in [6.07, 6.45) is 0. The molecule has 4 aliphatic rings. The van der Waals surface area contributed by atoms with Gasteiger partial charge in [-0.15, -0.1) is 0 Å². The molecule has 0 radical (unpaired) electrons. The first-order valence-corrected chi connectivity index (χ1v) is 38.3. The van der Waals surface area contributed by atoms with Crippen LogP contribution in [-0.2, 0) is 25.2 Å². The van der Waals surface area contributed by atoms with Crippen LogP contribution in [0.3, 0.4) is 0 Å².